The van der Waals surface area contributed by atoms with Gasteiger partial charge in [0.15, 0.2) is 0 Å². The molecule has 1 fully saturated rings. The molecule has 1 aliphatic rings. The highest BCUT2D eigenvalue weighted by Gasteiger charge is 2.38. The number of fused-ring (bicyclic) bond motifs is 1. The van der Waals surface area contributed by atoms with Crippen molar-refractivity contribution in [1.29, 1.82) is 0 Å². The molecule has 3 N–H and O–H groups in total. The maximum atomic E-state index is 12.7. The number of nitrogen functional groups attached to an aromatic ring is 1. The zero-order chi connectivity index (χ0) is 21.5. The molecular formula is C22H27N5O3. The second-order valence-electron chi connectivity index (χ2n) is 8.63. The number of aromatic nitrogens is 3. The molecule has 2 aromatic heterocycles. The van der Waals surface area contributed by atoms with E-state index in [0.29, 0.717) is 24.4 Å². The van der Waals surface area contributed by atoms with Gasteiger partial charge in [-0.25, -0.2) is 14.8 Å². The van der Waals surface area contributed by atoms with Gasteiger partial charge in [-0.15, -0.1) is 0 Å². The number of nitrogens with zero attached hydrogens (tertiary/aromatic N) is 4. The van der Waals surface area contributed by atoms with Crippen molar-refractivity contribution in [3.05, 3.63) is 42.9 Å². The summed E-state index contributed by atoms with van der Waals surface area (Å²) in [7, 11) is 0. The summed E-state index contributed by atoms with van der Waals surface area (Å²) in [5.74, 6) is 0.415. The van der Waals surface area contributed by atoms with E-state index in [1.807, 2.05) is 61.9 Å². The Bertz CT molecular complexity index is 1060. The SMILES string of the molecule is CC(C)(C)OC(=O)N1C[C@@H](n2cc(-c3ccccc3)c3c(N)ncnc32)C[C@H]1CO. The molecular weight excluding hydrogens is 382 g/mol. The number of amides is 1. The molecule has 0 saturated carbocycles. The van der Waals surface area contributed by atoms with E-state index in [-0.39, 0.29) is 18.7 Å². The molecule has 1 aliphatic heterocycles. The Morgan fingerprint density at radius 3 is 2.67 bits per heavy atom. The third kappa shape index (κ3) is 3.70. The Morgan fingerprint density at radius 2 is 2.00 bits per heavy atom. The lowest BCUT2D eigenvalue weighted by Gasteiger charge is -2.27. The molecule has 4 rings (SSSR count). The van der Waals surface area contributed by atoms with E-state index in [0.717, 1.165) is 16.5 Å². The molecule has 0 spiro atoms. The molecule has 3 aromatic rings. The number of benzene rings is 1. The van der Waals surface area contributed by atoms with Crippen LogP contribution < -0.4 is 5.73 Å². The van der Waals surface area contributed by atoms with Crippen molar-refractivity contribution in [2.45, 2.75) is 44.9 Å². The number of carbonyl (C=O) groups is 1. The first-order valence-electron chi connectivity index (χ1n) is 10.1. The number of hydrogen-bond donors (Lipinski definition) is 2. The van der Waals surface area contributed by atoms with Crippen LogP contribution in [-0.4, -0.2) is 55.4 Å². The average Bonchev–Trinajstić information content (AvgIpc) is 3.30. The van der Waals surface area contributed by atoms with E-state index < -0.39 is 11.7 Å². The molecule has 0 aliphatic carbocycles. The van der Waals surface area contributed by atoms with E-state index in [2.05, 4.69) is 9.97 Å². The fraction of sp³-hybridized carbons (Fsp3) is 0.409. The number of likely N-dealkylation sites (tertiary alicyclic amines) is 1. The van der Waals surface area contributed by atoms with Crippen molar-refractivity contribution in [3.63, 3.8) is 0 Å². The predicted octanol–water partition coefficient (Wildman–Crippen LogP) is 3.22. The molecule has 1 aromatic carbocycles. The third-order valence-electron chi connectivity index (χ3n) is 5.35. The van der Waals surface area contributed by atoms with Gasteiger partial charge >= 0.3 is 6.09 Å². The van der Waals surface area contributed by atoms with E-state index >= 15 is 0 Å². The molecule has 1 saturated heterocycles. The zero-order valence-corrected chi connectivity index (χ0v) is 17.4. The molecule has 8 nitrogen and oxygen atoms in total. The first kappa shape index (κ1) is 20.2. The van der Waals surface area contributed by atoms with Crippen LogP contribution in [0.3, 0.4) is 0 Å². The van der Waals surface area contributed by atoms with Gasteiger partial charge in [-0.1, -0.05) is 30.3 Å². The van der Waals surface area contributed by atoms with Gasteiger partial charge in [0.05, 0.1) is 24.1 Å². The van der Waals surface area contributed by atoms with Gasteiger partial charge in [0.1, 0.15) is 23.4 Å². The van der Waals surface area contributed by atoms with Crippen molar-refractivity contribution < 1.29 is 14.6 Å². The summed E-state index contributed by atoms with van der Waals surface area (Å²) < 4.78 is 7.58. The number of aliphatic hydroxyl groups is 1. The first-order chi connectivity index (χ1) is 14.3. The highest BCUT2D eigenvalue weighted by atomic mass is 16.6. The molecule has 8 heteroatoms. The van der Waals surface area contributed by atoms with Crippen LogP contribution in [0.4, 0.5) is 10.6 Å². The number of carbonyl (C=O) groups excluding carboxylic acids is 1. The first-order valence-corrected chi connectivity index (χ1v) is 10.1. The van der Waals surface area contributed by atoms with Crippen LogP contribution in [0.25, 0.3) is 22.2 Å². The van der Waals surface area contributed by atoms with Crippen molar-refractivity contribution >= 4 is 22.9 Å². The van der Waals surface area contributed by atoms with Gasteiger partial charge in [-0.2, -0.15) is 0 Å². The van der Waals surface area contributed by atoms with Crippen molar-refractivity contribution in [2.24, 2.45) is 0 Å². The topological polar surface area (TPSA) is 106 Å². The van der Waals surface area contributed by atoms with Gasteiger partial charge in [-0.3, -0.25) is 0 Å². The molecule has 0 unspecified atom stereocenters. The van der Waals surface area contributed by atoms with Crippen molar-refractivity contribution in [3.8, 4) is 11.1 Å². The van der Waals surface area contributed by atoms with Gasteiger partial charge in [0.25, 0.3) is 0 Å². The van der Waals surface area contributed by atoms with E-state index in [1.165, 1.54) is 6.33 Å². The second-order valence-corrected chi connectivity index (χ2v) is 8.63. The lowest BCUT2D eigenvalue weighted by atomic mass is 10.1. The molecule has 30 heavy (non-hydrogen) atoms. The molecule has 0 radical (unpaired) electrons. The zero-order valence-electron chi connectivity index (χ0n) is 17.4. The number of anilines is 1. The maximum absolute atomic E-state index is 12.7. The summed E-state index contributed by atoms with van der Waals surface area (Å²) >= 11 is 0. The van der Waals surface area contributed by atoms with Crippen LogP contribution in [0.5, 0.6) is 0 Å². The Balaban J connectivity index is 1.74. The van der Waals surface area contributed by atoms with Crippen LogP contribution in [0.1, 0.15) is 33.2 Å². The fourth-order valence-electron chi connectivity index (χ4n) is 4.03. The smallest absolute Gasteiger partial charge is 0.410 e. The minimum Gasteiger partial charge on any atom is -0.444 e. The number of ether oxygens (including phenoxy) is 1. The highest BCUT2D eigenvalue weighted by molar-refractivity contribution is 6.00. The predicted molar refractivity (Wildman–Crippen MR) is 115 cm³/mol. The highest BCUT2D eigenvalue weighted by Crippen LogP contribution is 2.37. The molecule has 2 atom stereocenters. The van der Waals surface area contributed by atoms with Crippen molar-refractivity contribution in [2.75, 3.05) is 18.9 Å². The number of nitrogens with two attached hydrogens (primary N) is 1. The average molecular weight is 409 g/mol. The summed E-state index contributed by atoms with van der Waals surface area (Å²) in [5.41, 5.74) is 8.29. The quantitative estimate of drug-likeness (QED) is 0.688. The number of rotatable bonds is 3. The molecule has 0 bridgehead atoms. The Hall–Kier alpha value is -3.13. The standard InChI is InChI=1S/C22H27N5O3/c1-22(2,3)30-21(29)27-10-15(9-16(27)12-28)26-11-17(14-7-5-4-6-8-14)18-19(23)24-13-25-20(18)26/h4-8,11,13,15-16,28H,9-10,12H2,1-3H3,(H2,23,24,25)/t15-,16-/m0/s1. The van der Waals surface area contributed by atoms with E-state index in [4.69, 9.17) is 10.5 Å². The molecule has 3 heterocycles. The van der Waals surface area contributed by atoms with Gasteiger partial charge in [-0.05, 0) is 32.8 Å². The molecule has 1 amide bonds. The third-order valence-corrected chi connectivity index (χ3v) is 5.35. The maximum Gasteiger partial charge on any atom is 0.410 e. The van der Waals surface area contributed by atoms with E-state index in [9.17, 15) is 9.90 Å². The van der Waals surface area contributed by atoms with Crippen LogP contribution in [-0.2, 0) is 4.74 Å². The van der Waals surface area contributed by atoms with E-state index in [1.54, 1.807) is 4.90 Å². The summed E-state index contributed by atoms with van der Waals surface area (Å²) in [6.45, 7) is 5.78. The fourth-order valence-corrected chi connectivity index (χ4v) is 4.03. The monoisotopic (exact) mass is 409 g/mol. The van der Waals surface area contributed by atoms with Crippen LogP contribution in [0.2, 0.25) is 0 Å². The largest absolute Gasteiger partial charge is 0.444 e. The van der Waals surface area contributed by atoms with Crippen LogP contribution in [0.15, 0.2) is 42.9 Å². The van der Waals surface area contributed by atoms with Gasteiger partial charge in [0, 0.05) is 18.3 Å². The minimum atomic E-state index is -0.600. The van der Waals surface area contributed by atoms with Crippen LogP contribution in [0, 0.1) is 0 Å². The second kappa shape index (κ2) is 7.60. The Morgan fingerprint density at radius 1 is 1.27 bits per heavy atom. The van der Waals surface area contributed by atoms with Crippen LogP contribution >= 0.6 is 0 Å². The Labute approximate surface area is 175 Å². The lowest BCUT2D eigenvalue weighted by Crippen LogP contribution is -2.41. The summed E-state index contributed by atoms with van der Waals surface area (Å²) in [5, 5.41) is 10.7. The number of aliphatic hydroxyl groups excluding tert-OH is 1. The molecule has 158 valence electrons. The minimum absolute atomic E-state index is 0.0658. The lowest BCUT2D eigenvalue weighted by molar-refractivity contribution is 0.0173. The van der Waals surface area contributed by atoms with Gasteiger partial charge in [0.2, 0.25) is 0 Å². The Kier molecular flexibility index (Phi) is 5.11. The summed E-state index contributed by atoms with van der Waals surface area (Å²) in [6.07, 6.45) is 3.64. The normalized spacial score (nSPS) is 19.4. The van der Waals surface area contributed by atoms with Gasteiger partial charge < -0.3 is 25.0 Å². The van der Waals surface area contributed by atoms with Crippen molar-refractivity contribution in [1.82, 2.24) is 19.4 Å². The summed E-state index contributed by atoms with van der Waals surface area (Å²) in [6, 6.07) is 9.56. The summed E-state index contributed by atoms with van der Waals surface area (Å²) in [4.78, 5) is 23.0. The number of hydrogen-bond acceptors (Lipinski definition) is 6.